The zero-order chi connectivity index (χ0) is 30.9. The molecule has 0 fully saturated rings. The summed E-state index contributed by atoms with van der Waals surface area (Å²) in [5.74, 6) is 0.408. The fraction of sp³-hybridized carbons (Fsp3) is 0.355. The monoisotopic (exact) mass is 597 g/mol. The minimum absolute atomic E-state index is 0.0442. The largest absolute Gasteiger partial charge is 0.497 e. The number of nitrogens with zero attached hydrogens (tertiary/aromatic N) is 2. The molecule has 0 saturated heterocycles. The average Bonchev–Trinajstić information content (AvgIpc) is 2.96. The number of amides is 2. The van der Waals surface area contributed by atoms with Crippen molar-refractivity contribution in [2.24, 2.45) is 0 Å². The van der Waals surface area contributed by atoms with E-state index in [2.05, 4.69) is 5.32 Å². The van der Waals surface area contributed by atoms with Gasteiger partial charge in [-0.2, -0.15) is 0 Å². The van der Waals surface area contributed by atoms with Crippen LogP contribution in [0.3, 0.4) is 0 Å². The highest BCUT2D eigenvalue weighted by atomic mass is 32.2. The number of sulfonamides is 1. The highest BCUT2D eigenvalue weighted by Gasteiger charge is 2.33. The van der Waals surface area contributed by atoms with Crippen LogP contribution in [0.1, 0.15) is 25.0 Å². The molecule has 1 atom stereocenters. The first-order valence-corrected chi connectivity index (χ1v) is 15.3. The summed E-state index contributed by atoms with van der Waals surface area (Å²) in [6, 6.07) is 20.0. The summed E-state index contributed by atoms with van der Waals surface area (Å²) >= 11 is 0. The van der Waals surface area contributed by atoms with E-state index < -0.39 is 28.5 Å². The number of carbonyl (C=O) groups excluding carboxylic acids is 2. The minimum atomic E-state index is -3.93. The van der Waals surface area contributed by atoms with Crippen LogP contribution in [0.5, 0.6) is 17.2 Å². The van der Waals surface area contributed by atoms with Crippen molar-refractivity contribution in [3.05, 3.63) is 83.9 Å². The Morgan fingerprint density at radius 1 is 0.833 bits per heavy atom. The summed E-state index contributed by atoms with van der Waals surface area (Å²) in [7, 11) is 0.528. The lowest BCUT2D eigenvalue weighted by atomic mass is 10.0. The maximum atomic E-state index is 14.2. The number of hydrogen-bond acceptors (Lipinski definition) is 7. The van der Waals surface area contributed by atoms with Gasteiger partial charge in [0.05, 0.1) is 33.3 Å². The fourth-order valence-corrected chi connectivity index (χ4v) is 5.34. The lowest BCUT2D eigenvalue weighted by Gasteiger charge is -2.34. The van der Waals surface area contributed by atoms with Gasteiger partial charge in [-0.25, -0.2) is 8.42 Å². The van der Waals surface area contributed by atoms with Crippen molar-refractivity contribution < 1.29 is 32.2 Å². The van der Waals surface area contributed by atoms with E-state index in [0.717, 1.165) is 21.7 Å². The predicted molar refractivity (Wildman–Crippen MR) is 162 cm³/mol. The molecular formula is C31H39N3O7S. The van der Waals surface area contributed by atoms with Crippen LogP contribution in [0.2, 0.25) is 0 Å². The first-order valence-electron chi connectivity index (χ1n) is 13.4. The second kappa shape index (κ2) is 14.6. The van der Waals surface area contributed by atoms with E-state index in [1.807, 2.05) is 50.2 Å². The van der Waals surface area contributed by atoms with Crippen LogP contribution in [0.4, 0.5) is 5.69 Å². The molecule has 0 aliphatic rings. The maximum Gasteiger partial charge on any atom is 0.244 e. The van der Waals surface area contributed by atoms with Gasteiger partial charge >= 0.3 is 0 Å². The molecule has 3 rings (SSSR count). The normalized spacial score (nSPS) is 11.9. The third kappa shape index (κ3) is 8.62. The minimum Gasteiger partial charge on any atom is -0.497 e. The number of methoxy groups -OCH3 is 3. The molecule has 42 heavy (non-hydrogen) atoms. The first kappa shape index (κ1) is 32.3. The van der Waals surface area contributed by atoms with Gasteiger partial charge in [0.2, 0.25) is 21.8 Å². The van der Waals surface area contributed by atoms with Crippen molar-refractivity contribution in [2.45, 2.75) is 38.9 Å². The van der Waals surface area contributed by atoms with Crippen LogP contribution >= 0.6 is 0 Å². The number of nitrogens with one attached hydrogen (secondary N) is 1. The Balaban J connectivity index is 2.09. The summed E-state index contributed by atoms with van der Waals surface area (Å²) in [5.41, 5.74) is 1.79. The number of benzene rings is 3. The van der Waals surface area contributed by atoms with E-state index in [0.29, 0.717) is 17.2 Å². The smallest absolute Gasteiger partial charge is 0.244 e. The van der Waals surface area contributed by atoms with E-state index in [1.165, 1.54) is 31.3 Å². The van der Waals surface area contributed by atoms with Gasteiger partial charge in [-0.1, -0.05) is 42.5 Å². The topological polar surface area (TPSA) is 114 Å². The molecule has 0 heterocycles. The van der Waals surface area contributed by atoms with Crippen LogP contribution in [0, 0.1) is 0 Å². The molecular weight excluding hydrogens is 558 g/mol. The van der Waals surface area contributed by atoms with Crippen LogP contribution in [0.25, 0.3) is 0 Å². The standard InChI is InChI=1S/C31H39N3O7S/c1-22(2)32-31(36)27(18-23-11-8-7-9-12-23)33(20-24-13-10-14-26(17-24)39-3)30(35)21-34(42(6,37)38)25-15-16-28(40-4)29(19-25)41-5/h7-17,19,22,27H,18,20-21H2,1-6H3,(H,32,36)/t27-/m0/s1. The SMILES string of the molecule is COc1cccc(CN(C(=O)CN(c2ccc(OC)c(OC)c2)S(C)(=O)=O)[C@@H](Cc2ccccc2)C(=O)NC(C)C)c1. The summed E-state index contributed by atoms with van der Waals surface area (Å²) in [6.45, 7) is 3.18. The van der Waals surface area contributed by atoms with E-state index in [-0.39, 0.29) is 30.6 Å². The Bertz CT molecular complexity index is 1460. The van der Waals surface area contributed by atoms with Gasteiger partial charge in [-0.3, -0.25) is 13.9 Å². The van der Waals surface area contributed by atoms with Gasteiger partial charge in [0, 0.05) is 25.1 Å². The molecule has 0 unspecified atom stereocenters. The van der Waals surface area contributed by atoms with Crippen molar-refractivity contribution in [1.82, 2.24) is 10.2 Å². The number of ether oxygens (including phenoxy) is 3. The van der Waals surface area contributed by atoms with Gasteiger partial charge in [-0.05, 0) is 49.2 Å². The summed E-state index contributed by atoms with van der Waals surface area (Å²) < 4.78 is 43.0. The lowest BCUT2D eigenvalue weighted by Crippen LogP contribution is -2.54. The van der Waals surface area contributed by atoms with Gasteiger partial charge < -0.3 is 24.4 Å². The lowest BCUT2D eigenvalue weighted by molar-refractivity contribution is -0.140. The molecule has 226 valence electrons. The number of rotatable bonds is 14. The van der Waals surface area contributed by atoms with Gasteiger partial charge in [0.25, 0.3) is 0 Å². The van der Waals surface area contributed by atoms with Crippen molar-refractivity contribution >= 4 is 27.5 Å². The summed E-state index contributed by atoms with van der Waals surface area (Å²) in [6.07, 6.45) is 1.25. The van der Waals surface area contributed by atoms with Crippen LogP contribution < -0.4 is 23.8 Å². The molecule has 3 aromatic carbocycles. The number of hydrogen-bond donors (Lipinski definition) is 1. The molecule has 0 radical (unpaired) electrons. The zero-order valence-corrected chi connectivity index (χ0v) is 25.7. The van der Waals surface area contributed by atoms with Gasteiger partial charge in [0.1, 0.15) is 18.3 Å². The molecule has 11 heteroatoms. The Hall–Kier alpha value is -4.25. The van der Waals surface area contributed by atoms with Gasteiger partial charge in [0.15, 0.2) is 11.5 Å². The second-order valence-corrected chi connectivity index (χ2v) is 12.0. The molecule has 0 aromatic heterocycles. The van der Waals surface area contributed by atoms with Crippen molar-refractivity contribution in [1.29, 1.82) is 0 Å². The summed E-state index contributed by atoms with van der Waals surface area (Å²) in [4.78, 5) is 29.2. The molecule has 0 spiro atoms. The highest BCUT2D eigenvalue weighted by Crippen LogP contribution is 2.32. The number of carbonyl (C=O) groups is 2. The zero-order valence-electron chi connectivity index (χ0n) is 24.9. The first-order chi connectivity index (χ1) is 20.0. The van der Waals surface area contributed by atoms with Crippen LogP contribution in [0.15, 0.2) is 72.8 Å². The Morgan fingerprint density at radius 2 is 1.50 bits per heavy atom. The quantitative estimate of drug-likeness (QED) is 0.302. The Kier molecular flexibility index (Phi) is 11.2. The highest BCUT2D eigenvalue weighted by molar-refractivity contribution is 7.92. The number of anilines is 1. The van der Waals surface area contributed by atoms with Gasteiger partial charge in [-0.15, -0.1) is 0 Å². The van der Waals surface area contributed by atoms with Crippen molar-refractivity contribution in [2.75, 3.05) is 38.4 Å². The molecule has 2 amide bonds. The molecule has 0 bridgehead atoms. The van der Waals surface area contributed by atoms with Crippen molar-refractivity contribution in [3.8, 4) is 17.2 Å². The van der Waals surface area contributed by atoms with E-state index in [4.69, 9.17) is 14.2 Å². The molecule has 1 N–H and O–H groups in total. The third-order valence-electron chi connectivity index (χ3n) is 6.52. The fourth-order valence-electron chi connectivity index (χ4n) is 4.50. The maximum absolute atomic E-state index is 14.2. The Morgan fingerprint density at radius 3 is 2.10 bits per heavy atom. The molecule has 10 nitrogen and oxygen atoms in total. The van der Waals surface area contributed by atoms with Crippen molar-refractivity contribution in [3.63, 3.8) is 0 Å². The molecule has 3 aromatic rings. The predicted octanol–water partition coefficient (Wildman–Crippen LogP) is 3.64. The third-order valence-corrected chi connectivity index (χ3v) is 7.66. The average molecular weight is 598 g/mol. The molecule has 0 aliphatic carbocycles. The molecule has 0 aliphatic heterocycles. The Labute approximate surface area is 248 Å². The second-order valence-electron chi connectivity index (χ2n) is 10.1. The van der Waals surface area contributed by atoms with Crippen LogP contribution in [-0.2, 0) is 32.6 Å². The van der Waals surface area contributed by atoms with E-state index in [9.17, 15) is 18.0 Å². The van der Waals surface area contributed by atoms with E-state index >= 15 is 0 Å². The van der Waals surface area contributed by atoms with Crippen LogP contribution in [-0.4, -0.2) is 71.3 Å². The molecule has 0 saturated carbocycles. The van der Waals surface area contributed by atoms with E-state index in [1.54, 1.807) is 31.4 Å². The summed E-state index contributed by atoms with van der Waals surface area (Å²) in [5, 5.41) is 2.93.